The normalized spacial score (nSPS) is 19.0. The zero-order chi connectivity index (χ0) is 12.0. The smallest absolute Gasteiger partial charge is 0.306 e. The second-order valence-electron chi connectivity index (χ2n) is 3.86. The van der Waals surface area contributed by atoms with E-state index in [0.717, 1.165) is 13.1 Å². The van der Waals surface area contributed by atoms with E-state index < -0.39 is 6.43 Å². The third kappa shape index (κ3) is 4.85. The molecule has 16 heavy (non-hydrogen) atoms. The molecule has 0 amide bonds. The van der Waals surface area contributed by atoms with Crippen LogP contribution in [-0.4, -0.2) is 68.6 Å². The number of rotatable bonds is 5. The van der Waals surface area contributed by atoms with Crippen molar-refractivity contribution in [3.63, 3.8) is 0 Å². The number of carbonyl (C=O) groups is 1. The molecule has 0 bridgehead atoms. The van der Waals surface area contributed by atoms with Crippen molar-refractivity contribution in [3.05, 3.63) is 0 Å². The maximum atomic E-state index is 12.1. The van der Waals surface area contributed by atoms with E-state index in [1.54, 1.807) is 4.90 Å². The van der Waals surface area contributed by atoms with E-state index in [2.05, 4.69) is 9.64 Å². The average molecular weight is 236 g/mol. The molecule has 0 N–H and O–H groups in total. The van der Waals surface area contributed by atoms with Crippen LogP contribution < -0.4 is 0 Å². The number of nitrogens with zero attached hydrogens (tertiary/aromatic N) is 2. The van der Waals surface area contributed by atoms with Gasteiger partial charge in [-0.1, -0.05) is 0 Å². The van der Waals surface area contributed by atoms with E-state index >= 15 is 0 Å². The van der Waals surface area contributed by atoms with Crippen molar-refractivity contribution in [2.75, 3.05) is 46.4 Å². The highest BCUT2D eigenvalue weighted by atomic mass is 19.3. The Labute approximate surface area is 94.1 Å². The lowest BCUT2D eigenvalue weighted by molar-refractivity contribution is -0.141. The van der Waals surface area contributed by atoms with Crippen molar-refractivity contribution >= 4 is 5.97 Å². The van der Waals surface area contributed by atoms with Crippen molar-refractivity contribution in [1.29, 1.82) is 0 Å². The molecule has 0 aromatic heterocycles. The molecule has 0 radical (unpaired) electrons. The van der Waals surface area contributed by atoms with Crippen LogP contribution in [0.1, 0.15) is 6.42 Å². The topological polar surface area (TPSA) is 32.8 Å². The van der Waals surface area contributed by atoms with E-state index in [0.29, 0.717) is 26.1 Å². The van der Waals surface area contributed by atoms with Gasteiger partial charge >= 0.3 is 5.97 Å². The summed E-state index contributed by atoms with van der Waals surface area (Å²) in [6, 6.07) is 0. The van der Waals surface area contributed by atoms with Gasteiger partial charge in [-0.15, -0.1) is 0 Å². The van der Waals surface area contributed by atoms with Crippen LogP contribution in [-0.2, 0) is 9.53 Å². The first kappa shape index (κ1) is 13.3. The van der Waals surface area contributed by atoms with Crippen LogP contribution in [0.25, 0.3) is 0 Å². The van der Waals surface area contributed by atoms with Gasteiger partial charge in [0.15, 0.2) is 0 Å². The third-order valence-electron chi connectivity index (χ3n) is 2.72. The summed E-state index contributed by atoms with van der Waals surface area (Å²) >= 11 is 0. The number of halogens is 2. The number of methoxy groups -OCH3 is 1. The molecule has 4 nitrogen and oxygen atoms in total. The quantitative estimate of drug-likeness (QED) is 0.648. The van der Waals surface area contributed by atoms with E-state index in [-0.39, 0.29) is 12.5 Å². The molecule has 0 aromatic carbocycles. The summed E-state index contributed by atoms with van der Waals surface area (Å²) in [7, 11) is 1.36. The van der Waals surface area contributed by atoms with Crippen molar-refractivity contribution < 1.29 is 18.3 Å². The summed E-state index contributed by atoms with van der Waals surface area (Å²) in [5, 5.41) is 0. The minimum atomic E-state index is -2.26. The molecule has 1 saturated heterocycles. The maximum absolute atomic E-state index is 12.1. The zero-order valence-corrected chi connectivity index (χ0v) is 9.49. The van der Waals surface area contributed by atoms with Gasteiger partial charge in [0, 0.05) is 32.7 Å². The number of carbonyl (C=O) groups excluding carboxylic acids is 1. The fourth-order valence-corrected chi connectivity index (χ4v) is 1.74. The first-order valence-electron chi connectivity index (χ1n) is 5.41. The molecule has 0 aliphatic carbocycles. The Balaban J connectivity index is 2.14. The van der Waals surface area contributed by atoms with Gasteiger partial charge in [-0.05, 0) is 0 Å². The molecule has 1 rings (SSSR count). The van der Waals surface area contributed by atoms with E-state index in [1.165, 1.54) is 7.11 Å². The Bertz CT molecular complexity index is 219. The Morgan fingerprint density at radius 2 is 1.81 bits per heavy atom. The van der Waals surface area contributed by atoms with Gasteiger partial charge in [0.1, 0.15) is 0 Å². The summed E-state index contributed by atoms with van der Waals surface area (Å²) in [6.45, 7) is 3.27. The molecule has 94 valence electrons. The third-order valence-corrected chi connectivity index (χ3v) is 2.72. The minimum absolute atomic E-state index is 0.148. The first-order valence-corrected chi connectivity index (χ1v) is 5.41. The van der Waals surface area contributed by atoms with Gasteiger partial charge in [0.25, 0.3) is 6.43 Å². The molecule has 1 aliphatic heterocycles. The Kier molecular flexibility index (Phi) is 5.62. The molecule has 0 aromatic rings. The zero-order valence-electron chi connectivity index (χ0n) is 9.49. The highest BCUT2D eigenvalue weighted by Gasteiger charge is 2.19. The predicted octanol–water partition coefficient (Wildman–Crippen LogP) is 0.432. The molecule has 6 heteroatoms. The predicted molar refractivity (Wildman–Crippen MR) is 55.5 cm³/mol. The van der Waals surface area contributed by atoms with E-state index in [1.807, 2.05) is 0 Å². The lowest BCUT2D eigenvalue weighted by Crippen LogP contribution is -2.48. The maximum Gasteiger partial charge on any atom is 0.306 e. The van der Waals surface area contributed by atoms with Crippen LogP contribution in [0, 0.1) is 0 Å². The summed E-state index contributed by atoms with van der Waals surface area (Å²) in [5.74, 6) is -0.227. The molecule has 0 saturated carbocycles. The van der Waals surface area contributed by atoms with Gasteiger partial charge in [-0.3, -0.25) is 9.69 Å². The first-order chi connectivity index (χ1) is 7.61. The van der Waals surface area contributed by atoms with Crippen LogP contribution in [0.2, 0.25) is 0 Å². The average Bonchev–Trinajstić information content (AvgIpc) is 2.27. The molecular formula is C10H18F2N2O2. The van der Waals surface area contributed by atoms with E-state index in [9.17, 15) is 13.6 Å². The van der Waals surface area contributed by atoms with Crippen LogP contribution in [0.3, 0.4) is 0 Å². The number of hydrogen-bond acceptors (Lipinski definition) is 4. The van der Waals surface area contributed by atoms with Gasteiger partial charge in [0.2, 0.25) is 0 Å². The molecule has 1 aliphatic rings. The molecular weight excluding hydrogens is 218 g/mol. The highest BCUT2D eigenvalue weighted by Crippen LogP contribution is 2.05. The number of alkyl halides is 2. The van der Waals surface area contributed by atoms with Crippen LogP contribution in [0.5, 0.6) is 0 Å². The monoisotopic (exact) mass is 236 g/mol. The summed E-state index contributed by atoms with van der Waals surface area (Å²) in [5.41, 5.74) is 0. The second-order valence-corrected chi connectivity index (χ2v) is 3.86. The minimum Gasteiger partial charge on any atom is -0.469 e. The molecule has 0 spiro atoms. The fourth-order valence-electron chi connectivity index (χ4n) is 1.74. The van der Waals surface area contributed by atoms with Crippen molar-refractivity contribution in [1.82, 2.24) is 9.80 Å². The summed E-state index contributed by atoms with van der Waals surface area (Å²) in [6.07, 6.45) is -1.90. The lowest BCUT2D eigenvalue weighted by atomic mass is 10.3. The second kappa shape index (κ2) is 6.75. The summed E-state index contributed by atoms with van der Waals surface area (Å²) < 4.78 is 28.7. The Morgan fingerprint density at radius 3 is 2.31 bits per heavy atom. The van der Waals surface area contributed by atoms with Gasteiger partial charge in [0.05, 0.1) is 20.1 Å². The SMILES string of the molecule is COC(=O)CCN1CCN(CC(F)F)CC1. The number of piperazine rings is 1. The van der Waals surface area contributed by atoms with Gasteiger partial charge in [-0.25, -0.2) is 8.78 Å². The van der Waals surface area contributed by atoms with Crippen LogP contribution in [0.4, 0.5) is 8.78 Å². The van der Waals surface area contributed by atoms with Gasteiger partial charge in [-0.2, -0.15) is 0 Å². The molecule has 1 heterocycles. The molecule has 0 unspecified atom stereocenters. The Morgan fingerprint density at radius 1 is 1.25 bits per heavy atom. The number of hydrogen-bond donors (Lipinski definition) is 0. The highest BCUT2D eigenvalue weighted by molar-refractivity contribution is 5.69. The fraction of sp³-hybridized carbons (Fsp3) is 0.900. The standard InChI is InChI=1S/C10H18F2N2O2/c1-16-10(15)2-3-13-4-6-14(7-5-13)8-9(11)12/h9H,2-8H2,1H3. The molecule has 1 fully saturated rings. The molecule has 0 atom stereocenters. The van der Waals surface area contributed by atoms with Crippen molar-refractivity contribution in [2.24, 2.45) is 0 Å². The van der Waals surface area contributed by atoms with Gasteiger partial charge < -0.3 is 9.64 Å². The number of esters is 1. The Hall–Kier alpha value is -0.750. The largest absolute Gasteiger partial charge is 0.469 e. The lowest BCUT2D eigenvalue weighted by Gasteiger charge is -2.34. The van der Waals surface area contributed by atoms with Crippen LogP contribution >= 0.6 is 0 Å². The number of ether oxygens (including phenoxy) is 1. The summed E-state index contributed by atoms with van der Waals surface area (Å²) in [4.78, 5) is 14.8. The van der Waals surface area contributed by atoms with E-state index in [4.69, 9.17) is 0 Å². The van der Waals surface area contributed by atoms with Crippen LogP contribution in [0.15, 0.2) is 0 Å². The van der Waals surface area contributed by atoms with Crippen molar-refractivity contribution in [3.8, 4) is 0 Å². The van der Waals surface area contributed by atoms with Crippen molar-refractivity contribution in [2.45, 2.75) is 12.8 Å².